The second kappa shape index (κ2) is 4.22. The van der Waals surface area contributed by atoms with Crippen LogP contribution in [-0.2, 0) is 6.42 Å². The van der Waals surface area contributed by atoms with Crippen molar-refractivity contribution in [1.82, 2.24) is 10.6 Å². The van der Waals surface area contributed by atoms with E-state index < -0.39 is 0 Å². The van der Waals surface area contributed by atoms with E-state index in [1.807, 2.05) is 11.3 Å². The molecule has 2 rings (SSSR count). The SMILES string of the molecule is CCc1ccc(C2CNCCN2)s1. The summed E-state index contributed by atoms with van der Waals surface area (Å²) in [6.07, 6.45) is 1.16. The van der Waals surface area contributed by atoms with E-state index in [0.717, 1.165) is 26.1 Å². The normalized spacial score (nSPS) is 23.3. The Kier molecular flexibility index (Phi) is 2.98. The van der Waals surface area contributed by atoms with Gasteiger partial charge in [-0.2, -0.15) is 0 Å². The molecule has 0 aromatic carbocycles. The second-order valence-corrected chi connectivity index (χ2v) is 4.57. The van der Waals surface area contributed by atoms with E-state index in [4.69, 9.17) is 0 Å². The van der Waals surface area contributed by atoms with Crippen molar-refractivity contribution in [2.75, 3.05) is 19.6 Å². The maximum atomic E-state index is 3.52. The lowest BCUT2D eigenvalue weighted by Crippen LogP contribution is -2.42. The third-order valence-corrected chi connectivity index (χ3v) is 3.76. The zero-order chi connectivity index (χ0) is 9.10. The van der Waals surface area contributed by atoms with Gasteiger partial charge in [-0.3, -0.25) is 0 Å². The van der Waals surface area contributed by atoms with Crippen LogP contribution in [0, 0.1) is 0 Å². The van der Waals surface area contributed by atoms with E-state index >= 15 is 0 Å². The smallest absolute Gasteiger partial charge is 0.0542 e. The molecule has 2 heterocycles. The number of hydrogen-bond donors (Lipinski definition) is 2. The summed E-state index contributed by atoms with van der Waals surface area (Å²) >= 11 is 1.94. The van der Waals surface area contributed by atoms with Gasteiger partial charge < -0.3 is 10.6 Å². The molecule has 0 aliphatic carbocycles. The molecule has 3 heteroatoms. The molecular formula is C10H16N2S. The first-order valence-electron chi connectivity index (χ1n) is 4.93. The van der Waals surface area contributed by atoms with E-state index in [1.165, 1.54) is 9.75 Å². The Morgan fingerprint density at radius 1 is 1.46 bits per heavy atom. The van der Waals surface area contributed by atoms with Gasteiger partial charge in [0.2, 0.25) is 0 Å². The molecule has 1 saturated heterocycles. The average Bonchev–Trinajstić information content (AvgIpc) is 2.67. The van der Waals surface area contributed by atoms with E-state index in [-0.39, 0.29) is 0 Å². The van der Waals surface area contributed by atoms with Crippen molar-refractivity contribution in [3.05, 3.63) is 21.9 Å². The van der Waals surface area contributed by atoms with Gasteiger partial charge in [0.1, 0.15) is 0 Å². The van der Waals surface area contributed by atoms with E-state index in [1.54, 1.807) is 0 Å². The van der Waals surface area contributed by atoms with Crippen LogP contribution in [0.5, 0.6) is 0 Å². The van der Waals surface area contributed by atoms with Gasteiger partial charge in [0.15, 0.2) is 0 Å². The lowest BCUT2D eigenvalue weighted by Gasteiger charge is -2.23. The first kappa shape index (κ1) is 9.19. The maximum absolute atomic E-state index is 3.52. The fourth-order valence-corrected chi connectivity index (χ4v) is 2.65. The molecule has 1 atom stereocenters. The van der Waals surface area contributed by atoms with Crippen molar-refractivity contribution < 1.29 is 0 Å². The monoisotopic (exact) mass is 196 g/mol. The number of piperazine rings is 1. The first-order chi connectivity index (χ1) is 6.40. The molecule has 1 aliphatic heterocycles. The molecule has 0 radical (unpaired) electrons. The average molecular weight is 196 g/mol. The number of hydrogen-bond acceptors (Lipinski definition) is 3. The maximum Gasteiger partial charge on any atom is 0.0542 e. The predicted molar refractivity (Wildman–Crippen MR) is 57.3 cm³/mol. The highest BCUT2D eigenvalue weighted by molar-refractivity contribution is 7.12. The Hall–Kier alpha value is -0.380. The third-order valence-electron chi connectivity index (χ3n) is 2.42. The molecule has 1 fully saturated rings. The minimum absolute atomic E-state index is 0.541. The van der Waals surface area contributed by atoms with Crippen LogP contribution >= 0.6 is 11.3 Å². The molecule has 0 amide bonds. The summed E-state index contributed by atoms with van der Waals surface area (Å²) in [4.78, 5) is 2.96. The summed E-state index contributed by atoms with van der Waals surface area (Å²) in [6, 6.07) is 5.05. The minimum Gasteiger partial charge on any atom is -0.314 e. The van der Waals surface area contributed by atoms with Crippen molar-refractivity contribution in [3.63, 3.8) is 0 Å². The Labute approximate surface area is 83.4 Å². The van der Waals surface area contributed by atoms with Crippen LogP contribution in [0.3, 0.4) is 0 Å². The van der Waals surface area contributed by atoms with E-state index in [0.29, 0.717) is 6.04 Å². The third kappa shape index (κ3) is 2.10. The summed E-state index contributed by atoms with van der Waals surface area (Å²) in [6.45, 7) is 5.47. The van der Waals surface area contributed by atoms with Crippen LogP contribution in [0.4, 0.5) is 0 Å². The standard InChI is InChI=1S/C10H16N2S/c1-2-8-3-4-10(13-8)9-7-11-5-6-12-9/h3-4,9,11-12H,2,5-7H2,1H3. The summed E-state index contributed by atoms with van der Waals surface area (Å²) in [5.74, 6) is 0. The van der Waals surface area contributed by atoms with Gasteiger partial charge in [-0.15, -0.1) is 11.3 Å². The van der Waals surface area contributed by atoms with Crippen molar-refractivity contribution in [3.8, 4) is 0 Å². The first-order valence-corrected chi connectivity index (χ1v) is 5.74. The molecule has 1 aromatic heterocycles. The fourth-order valence-electron chi connectivity index (χ4n) is 1.63. The number of rotatable bonds is 2. The van der Waals surface area contributed by atoms with Gasteiger partial charge >= 0.3 is 0 Å². The van der Waals surface area contributed by atoms with Crippen molar-refractivity contribution in [2.45, 2.75) is 19.4 Å². The zero-order valence-electron chi connectivity index (χ0n) is 7.97. The number of nitrogens with one attached hydrogen (secondary N) is 2. The Balaban J connectivity index is 2.05. The van der Waals surface area contributed by atoms with Crippen molar-refractivity contribution in [1.29, 1.82) is 0 Å². The zero-order valence-corrected chi connectivity index (χ0v) is 8.79. The van der Waals surface area contributed by atoms with Gasteiger partial charge in [-0.1, -0.05) is 6.92 Å². The summed E-state index contributed by atoms with van der Waals surface area (Å²) in [7, 11) is 0. The highest BCUT2D eigenvalue weighted by Gasteiger charge is 2.15. The highest BCUT2D eigenvalue weighted by atomic mass is 32.1. The lowest BCUT2D eigenvalue weighted by molar-refractivity contribution is 0.435. The van der Waals surface area contributed by atoms with Crippen LogP contribution < -0.4 is 10.6 Å². The predicted octanol–water partition coefficient (Wildman–Crippen LogP) is 1.54. The largest absolute Gasteiger partial charge is 0.314 e. The van der Waals surface area contributed by atoms with Gasteiger partial charge in [0.25, 0.3) is 0 Å². The number of thiophene rings is 1. The Morgan fingerprint density at radius 3 is 3.00 bits per heavy atom. The fraction of sp³-hybridized carbons (Fsp3) is 0.600. The quantitative estimate of drug-likeness (QED) is 0.750. The second-order valence-electron chi connectivity index (χ2n) is 3.37. The Bertz CT molecular complexity index is 264. The van der Waals surface area contributed by atoms with Crippen LogP contribution in [0.25, 0.3) is 0 Å². The molecule has 1 aliphatic rings. The molecule has 0 saturated carbocycles. The van der Waals surface area contributed by atoms with Crippen LogP contribution in [0.15, 0.2) is 12.1 Å². The van der Waals surface area contributed by atoms with Crippen molar-refractivity contribution in [2.24, 2.45) is 0 Å². The molecule has 0 spiro atoms. The molecule has 1 unspecified atom stereocenters. The number of aryl methyl sites for hydroxylation is 1. The molecule has 0 bridgehead atoms. The molecular weight excluding hydrogens is 180 g/mol. The van der Waals surface area contributed by atoms with Crippen LogP contribution in [-0.4, -0.2) is 19.6 Å². The minimum atomic E-state index is 0.541. The van der Waals surface area contributed by atoms with E-state index in [9.17, 15) is 0 Å². The summed E-state index contributed by atoms with van der Waals surface area (Å²) in [5.41, 5.74) is 0. The van der Waals surface area contributed by atoms with Gasteiger partial charge in [-0.25, -0.2) is 0 Å². The van der Waals surface area contributed by atoms with Gasteiger partial charge in [-0.05, 0) is 18.6 Å². The molecule has 72 valence electrons. The molecule has 13 heavy (non-hydrogen) atoms. The molecule has 2 N–H and O–H groups in total. The van der Waals surface area contributed by atoms with Crippen LogP contribution in [0.2, 0.25) is 0 Å². The topological polar surface area (TPSA) is 24.1 Å². The summed E-state index contributed by atoms with van der Waals surface area (Å²) in [5, 5.41) is 6.93. The Morgan fingerprint density at radius 2 is 2.38 bits per heavy atom. The highest BCUT2D eigenvalue weighted by Crippen LogP contribution is 2.23. The molecule has 1 aromatic rings. The van der Waals surface area contributed by atoms with Gasteiger partial charge in [0, 0.05) is 29.4 Å². The van der Waals surface area contributed by atoms with E-state index in [2.05, 4.69) is 29.7 Å². The van der Waals surface area contributed by atoms with Gasteiger partial charge in [0.05, 0.1) is 6.04 Å². The molecule has 2 nitrogen and oxygen atoms in total. The summed E-state index contributed by atoms with van der Waals surface area (Å²) < 4.78 is 0. The lowest BCUT2D eigenvalue weighted by atomic mass is 10.2. The van der Waals surface area contributed by atoms with Crippen LogP contribution in [0.1, 0.15) is 22.7 Å². The van der Waals surface area contributed by atoms with Crippen molar-refractivity contribution >= 4 is 11.3 Å².